The first-order valence-corrected chi connectivity index (χ1v) is 9.02. The maximum Gasteiger partial charge on any atom is 0.233 e. The highest BCUT2D eigenvalue weighted by Crippen LogP contribution is 2.25. The zero-order valence-corrected chi connectivity index (χ0v) is 16.5. The van der Waals surface area contributed by atoms with Crippen molar-refractivity contribution in [2.75, 3.05) is 7.11 Å². The molecule has 0 atom stereocenters. The van der Waals surface area contributed by atoms with Crippen molar-refractivity contribution in [1.82, 2.24) is 0 Å². The van der Waals surface area contributed by atoms with Gasteiger partial charge in [-0.05, 0) is 42.5 Å². The van der Waals surface area contributed by atoms with Gasteiger partial charge in [0.15, 0.2) is 0 Å². The van der Waals surface area contributed by atoms with Crippen LogP contribution in [0.1, 0.15) is 41.4 Å². The van der Waals surface area contributed by atoms with E-state index in [1.165, 1.54) is 19.2 Å². The Morgan fingerprint density at radius 1 is 0.500 bits per heavy atom. The fourth-order valence-corrected chi connectivity index (χ4v) is 2.96. The van der Waals surface area contributed by atoms with Crippen LogP contribution in [0.3, 0.4) is 0 Å². The number of ketones is 4. The average molecular weight is 436 g/mol. The number of aromatic hydroxyl groups is 4. The Labute approximate surface area is 180 Å². The number of Topliss-reactive ketones (excluding diaryl/α,β-unsaturated/α-hetero) is 4. The Morgan fingerprint density at radius 2 is 0.781 bits per heavy atom. The Bertz CT molecular complexity index is 1140. The molecule has 0 aliphatic carbocycles. The lowest BCUT2D eigenvalue weighted by Crippen LogP contribution is -2.18. The molecule has 0 radical (unpaired) electrons. The summed E-state index contributed by atoms with van der Waals surface area (Å²) in [6.45, 7) is 0. The van der Waals surface area contributed by atoms with Crippen molar-refractivity contribution < 1.29 is 44.3 Å². The van der Waals surface area contributed by atoms with Gasteiger partial charge in [0.05, 0.1) is 7.11 Å². The fourth-order valence-electron chi connectivity index (χ4n) is 2.96. The van der Waals surface area contributed by atoms with Crippen molar-refractivity contribution >= 4 is 23.1 Å². The highest BCUT2D eigenvalue weighted by atomic mass is 16.5. The highest BCUT2D eigenvalue weighted by Gasteiger charge is 2.25. The van der Waals surface area contributed by atoms with Crippen LogP contribution in [0, 0.1) is 0 Å². The maximum atomic E-state index is 12.7. The van der Waals surface area contributed by atoms with E-state index in [1.807, 2.05) is 0 Å². The van der Waals surface area contributed by atoms with Gasteiger partial charge in [0.25, 0.3) is 0 Å². The second-order valence-electron chi connectivity index (χ2n) is 6.74. The van der Waals surface area contributed by atoms with Gasteiger partial charge in [0, 0.05) is 34.4 Å². The molecular weight excluding hydrogens is 420 g/mol. The molecule has 0 amide bonds. The van der Waals surface area contributed by atoms with Gasteiger partial charge in [0.1, 0.15) is 28.7 Å². The van der Waals surface area contributed by atoms with Crippen molar-refractivity contribution in [1.29, 1.82) is 0 Å². The molecule has 0 unspecified atom stereocenters. The number of methoxy groups -OCH3 is 1. The van der Waals surface area contributed by atoms with Gasteiger partial charge < -0.3 is 25.2 Å². The number of phenols is 4. The number of hydrogen-bond donors (Lipinski definition) is 4. The smallest absolute Gasteiger partial charge is 0.233 e. The molecule has 4 N–H and O–H groups in total. The Morgan fingerprint density at radius 3 is 1.06 bits per heavy atom. The standard InChI is InChI=1S/C23H16O9/c1-32-19-7-11(20(28)22(30)13-3-15(24)9-16(25)4-13)2-12(8-19)21(29)23(31)14-5-17(26)10-18(27)6-14/h2-10,24-27H,1H3. The number of ether oxygens (including phenoxy) is 1. The Hall–Kier alpha value is -4.66. The molecular formula is C23H16O9. The first-order valence-electron chi connectivity index (χ1n) is 9.02. The largest absolute Gasteiger partial charge is 0.508 e. The van der Waals surface area contributed by atoms with Crippen molar-refractivity contribution in [3.05, 3.63) is 76.9 Å². The molecule has 0 heterocycles. The van der Waals surface area contributed by atoms with Crippen molar-refractivity contribution in [3.8, 4) is 28.7 Å². The number of hydrogen-bond acceptors (Lipinski definition) is 9. The number of rotatable bonds is 7. The van der Waals surface area contributed by atoms with Gasteiger partial charge in [0.2, 0.25) is 23.1 Å². The zero-order valence-electron chi connectivity index (χ0n) is 16.5. The predicted octanol–water partition coefficient (Wildman–Crippen LogP) is 2.65. The van der Waals surface area contributed by atoms with E-state index in [4.69, 9.17) is 4.74 Å². The third-order valence-electron chi connectivity index (χ3n) is 4.41. The summed E-state index contributed by atoms with van der Waals surface area (Å²) in [4.78, 5) is 50.5. The van der Waals surface area contributed by atoms with Crippen LogP contribution >= 0.6 is 0 Å². The van der Waals surface area contributed by atoms with Crippen LogP contribution in [0.25, 0.3) is 0 Å². The molecule has 9 heteroatoms. The lowest BCUT2D eigenvalue weighted by Gasteiger charge is -2.09. The minimum Gasteiger partial charge on any atom is -0.508 e. The van der Waals surface area contributed by atoms with E-state index in [0.29, 0.717) is 0 Å². The summed E-state index contributed by atoms with van der Waals surface area (Å²) < 4.78 is 5.06. The van der Waals surface area contributed by atoms with Crippen LogP contribution in [0.5, 0.6) is 28.7 Å². The van der Waals surface area contributed by atoms with Gasteiger partial charge in [-0.2, -0.15) is 0 Å². The van der Waals surface area contributed by atoms with Gasteiger partial charge in [-0.15, -0.1) is 0 Å². The van der Waals surface area contributed by atoms with Crippen LogP contribution in [0.15, 0.2) is 54.6 Å². The molecule has 32 heavy (non-hydrogen) atoms. The number of phenolic OH excluding ortho intramolecular Hbond substituents is 4. The van der Waals surface area contributed by atoms with E-state index in [-0.39, 0.29) is 28.0 Å². The normalized spacial score (nSPS) is 10.4. The molecule has 3 aromatic carbocycles. The number of carbonyl (C=O) groups excluding carboxylic acids is 4. The molecule has 0 aliphatic heterocycles. The third kappa shape index (κ3) is 4.57. The lowest BCUT2D eigenvalue weighted by atomic mass is 9.95. The molecule has 0 spiro atoms. The quantitative estimate of drug-likeness (QED) is 0.323. The zero-order chi connectivity index (χ0) is 23.6. The predicted molar refractivity (Wildman–Crippen MR) is 110 cm³/mol. The lowest BCUT2D eigenvalue weighted by molar-refractivity contribution is 0.0812. The fraction of sp³-hybridized carbons (Fsp3) is 0.0435. The van der Waals surface area contributed by atoms with E-state index < -0.39 is 46.1 Å². The Balaban J connectivity index is 1.99. The van der Waals surface area contributed by atoms with E-state index in [2.05, 4.69) is 0 Å². The molecule has 0 aliphatic rings. The SMILES string of the molecule is COc1cc(C(=O)C(=O)c2cc(O)cc(O)c2)cc(C(=O)C(=O)c2cc(O)cc(O)c2)c1. The van der Waals surface area contributed by atoms with Gasteiger partial charge in [-0.1, -0.05) is 0 Å². The Kier molecular flexibility index (Phi) is 5.92. The summed E-state index contributed by atoms with van der Waals surface area (Å²) in [6, 6.07) is 9.31. The molecule has 0 saturated carbocycles. The van der Waals surface area contributed by atoms with E-state index in [1.54, 1.807) is 0 Å². The third-order valence-corrected chi connectivity index (χ3v) is 4.41. The molecule has 0 bridgehead atoms. The molecule has 3 rings (SSSR count). The van der Waals surface area contributed by atoms with Gasteiger partial charge in [-0.3, -0.25) is 19.2 Å². The second kappa shape index (κ2) is 8.60. The molecule has 3 aromatic rings. The molecule has 9 nitrogen and oxygen atoms in total. The van der Waals surface area contributed by atoms with Crippen molar-refractivity contribution in [3.63, 3.8) is 0 Å². The monoisotopic (exact) mass is 436 g/mol. The summed E-state index contributed by atoms with van der Waals surface area (Å²) in [7, 11) is 1.25. The first-order chi connectivity index (χ1) is 15.1. The van der Waals surface area contributed by atoms with E-state index in [0.717, 1.165) is 42.5 Å². The number of benzene rings is 3. The molecule has 0 aromatic heterocycles. The number of carbonyl (C=O) groups is 4. The average Bonchev–Trinajstić information content (AvgIpc) is 2.75. The van der Waals surface area contributed by atoms with Crippen LogP contribution in [-0.2, 0) is 0 Å². The van der Waals surface area contributed by atoms with Crippen LogP contribution in [0.2, 0.25) is 0 Å². The summed E-state index contributed by atoms with van der Waals surface area (Å²) in [6.07, 6.45) is 0. The molecule has 162 valence electrons. The maximum absolute atomic E-state index is 12.7. The second-order valence-corrected chi connectivity index (χ2v) is 6.74. The summed E-state index contributed by atoms with van der Waals surface area (Å²) >= 11 is 0. The summed E-state index contributed by atoms with van der Waals surface area (Å²) in [5.74, 6) is -6.01. The van der Waals surface area contributed by atoms with Crippen LogP contribution in [-0.4, -0.2) is 50.7 Å². The minimum atomic E-state index is -1.08. The van der Waals surface area contributed by atoms with Crippen molar-refractivity contribution in [2.24, 2.45) is 0 Å². The highest BCUT2D eigenvalue weighted by molar-refractivity contribution is 6.51. The molecule has 0 saturated heterocycles. The van der Waals surface area contributed by atoms with Gasteiger partial charge in [-0.25, -0.2) is 0 Å². The summed E-state index contributed by atoms with van der Waals surface area (Å²) in [5.41, 5.74) is -1.11. The van der Waals surface area contributed by atoms with Crippen LogP contribution in [0.4, 0.5) is 0 Å². The van der Waals surface area contributed by atoms with E-state index >= 15 is 0 Å². The minimum absolute atomic E-state index is 0.0114. The molecule has 0 fully saturated rings. The summed E-state index contributed by atoms with van der Waals surface area (Å²) in [5, 5.41) is 38.2. The van der Waals surface area contributed by atoms with Crippen LogP contribution < -0.4 is 4.74 Å². The topological polar surface area (TPSA) is 158 Å². The first kappa shape index (κ1) is 22.0. The van der Waals surface area contributed by atoms with Crippen molar-refractivity contribution in [2.45, 2.75) is 0 Å². The van der Waals surface area contributed by atoms with E-state index in [9.17, 15) is 39.6 Å². The van der Waals surface area contributed by atoms with Gasteiger partial charge >= 0.3 is 0 Å².